The monoisotopic (exact) mass is 251 g/mol. The van der Waals surface area contributed by atoms with E-state index in [1.807, 2.05) is 6.92 Å². The number of furan rings is 1. The highest BCUT2D eigenvalue weighted by Gasteiger charge is 2.26. The van der Waals surface area contributed by atoms with E-state index >= 15 is 0 Å². The fourth-order valence-corrected chi connectivity index (χ4v) is 2.41. The van der Waals surface area contributed by atoms with Crippen molar-refractivity contribution in [2.75, 3.05) is 0 Å². The van der Waals surface area contributed by atoms with E-state index in [2.05, 4.69) is 5.32 Å². The maximum atomic E-state index is 11.7. The first-order valence-electron chi connectivity index (χ1n) is 6.16. The van der Waals surface area contributed by atoms with E-state index in [1.54, 1.807) is 6.26 Å². The fraction of sp³-hybridized carbons (Fsp3) is 0.538. The topological polar surface area (TPSA) is 79.5 Å². The number of carboxylic acid groups (broad SMARTS) is 1. The van der Waals surface area contributed by atoms with Crippen molar-refractivity contribution in [1.29, 1.82) is 0 Å². The summed E-state index contributed by atoms with van der Waals surface area (Å²) in [7, 11) is 0. The average molecular weight is 251 g/mol. The van der Waals surface area contributed by atoms with Crippen molar-refractivity contribution in [1.82, 2.24) is 5.32 Å². The number of hydrogen-bond acceptors (Lipinski definition) is 3. The van der Waals surface area contributed by atoms with Crippen LogP contribution in [-0.4, -0.2) is 17.0 Å². The second kappa shape index (κ2) is 5.25. The molecule has 1 heterocycles. The second-order valence-corrected chi connectivity index (χ2v) is 4.66. The Morgan fingerprint density at radius 3 is 3.00 bits per heavy atom. The Hall–Kier alpha value is -1.78. The minimum absolute atomic E-state index is 0.0259. The number of nitrogens with one attached hydrogen (secondary N) is 1. The predicted molar refractivity (Wildman–Crippen MR) is 64.1 cm³/mol. The van der Waals surface area contributed by atoms with Gasteiger partial charge in [0.15, 0.2) is 0 Å². The summed E-state index contributed by atoms with van der Waals surface area (Å²) in [6.45, 7) is 1.96. The van der Waals surface area contributed by atoms with Crippen LogP contribution in [0, 0.1) is 6.92 Å². The summed E-state index contributed by atoms with van der Waals surface area (Å²) in [5, 5.41) is 11.4. The molecule has 0 aliphatic heterocycles. The van der Waals surface area contributed by atoms with E-state index in [-0.39, 0.29) is 24.8 Å². The smallest absolute Gasteiger partial charge is 0.303 e. The Balaban J connectivity index is 2.00. The van der Waals surface area contributed by atoms with Gasteiger partial charge in [-0.3, -0.25) is 9.59 Å². The highest BCUT2D eigenvalue weighted by molar-refractivity contribution is 5.81. The molecule has 2 rings (SSSR count). The van der Waals surface area contributed by atoms with Gasteiger partial charge in [0.25, 0.3) is 0 Å². The summed E-state index contributed by atoms with van der Waals surface area (Å²) < 4.78 is 5.45. The summed E-state index contributed by atoms with van der Waals surface area (Å²) in [5.74, 6) is -0.216. The molecule has 98 valence electrons. The van der Waals surface area contributed by atoms with E-state index < -0.39 is 5.97 Å². The van der Waals surface area contributed by atoms with Crippen molar-refractivity contribution in [3.63, 3.8) is 0 Å². The number of carboxylic acids is 1. The number of carbonyl (C=O) groups is 2. The lowest BCUT2D eigenvalue weighted by Crippen LogP contribution is -2.31. The number of amides is 1. The van der Waals surface area contributed by atoms with Crippen LogP contribution in [0.5, 0.6) is 0 Å². The van der Waals surface area contributed by atoms with Crippen LogP contribution in [0.3, 0.4) is 0 Å². The Morgan fingerprint density at radius 1 is 1.50 bits per heavy atom. The number of hydrogen-bond donors (Lipinski definition) is 2. The molecule has 0 spiro atoms. The largest absolute Gasteiger partial charge is 0.481 e. The molecule has 18 heavy (non-hydrogen) atoms. The first-order valence-corrected chi connectivity index (χ1v) is 6.16. The van der Waals surface area contributed by atoms with Gasteiger partial charge in [0.1, 0.15) is 5.76 Å². The van der Waals surface area contributed by atoms with Crippen LogP contribution in [0.4, 0.5) is 0 Å². The number of carbonyl (C=O) groups excluding carboxylic acids is 1. The lowest BCUT2D eigenvalue weighted by molar-refractivity contribution is -0.139. The summed E-state index contributed by atoms with van der Waals surface area (Å²) in [6, 6.07) is -0.0335. The second-order valence-electron chi connectivity index (χ2n) is 4.66. The van der Waals surface area contributed by atoms with Crippen molar-refractivity contribution in [3.8, 4) is 0 Å². The van der Waals surface area contributed by atoms with Gasteiger partial charge in [-0.1, -0.05) is 0 Å². The first-order chi connectivity index (χ1) is 8.58. The lowest BCUT2D eigenvalue weighted by atomic mass is 9.91. The van der Waals surface area contributed by atoms with Crippen molar-refractivity contribution >= 4 is 11.9 Å². The van der Waals surface area contributed by atoms with Crippen LogP contribution in [0.1, 0.15) is 48.6 Å². The molecule has 0 bridgehead atoms. The minimum Gasteiger partial charge on any atom is -0.481 e. The number of fused-ring (bicyclic) bond motifs is 1. The Morgan fingerprint density at radius 2 is 2.28 bits per heavy atom. The van der Waals surface area contributed by atoms with Crippen molar-refractivity contribution in [2.45, 2.75) is 45.1 Å². The zero-order chi connectivity index (χ0) is 13.1. The summed E-state index contributed by atoms with van der Waals surface area (Å²) in [6.07, 6.45) is 4.38. The maximum Gasteiger partial charge on any atom is 0.303 e. The molecule has 0 fully saturated rings. The third-order valence-electron chi connectivity index (χ3n) is 3.25. The summed E-state index contributed by atoms with van der Waals surface area (Å²) >= 11 is 0. The van der Waals surface area contributed by atoms with Gasteiger partial charge in [-0.15, -0.1) is 0 Å². The van der Waals surface area contributed by atoms with E-state index in [9.17, 15) is 9.59 Å². The normalized spacial score (nSPS) is 18.2. The molecule has 0 saturated heterocycles. The Kier molecular flexibility index (Phi) is 3.69. The SMILES string of the molecule is Cc1coc2c1[C@@H](NC(=O)CCC(=O)O)CCC2. The fourth-order valence-electron chi connectivity index (χ4n) is 2.41. The highest BCUT2D eigenvalue weighted by Crippen LogP contribution is 2.33. The van der Waals surface area contributed by atoms with Crippen LogP contribution in [-0.2, 0) is 16.0 Å². The molecular formula is C13H17NO4. The van der Waals surface area contributed by atoms with Crippen LogP contribution >= 0.6 is 0 Å². The molecule has 1 amide bonds. The van der Waals surface area contributed by atoms with Gasteiger partial charge in [0, 0.05) is 18.4 Å². The van der Waals surface area contributed by atoms with Gasteiger partial charge < -0.3 is 14.8 Å². The molecule has 0 saturated carbocycles. The number of rotatable bonds is 4. The molecule has 0 unspecified atom stereocenters. The van der Waals surface area contributed by atoms with Crippen LogP contribution in [0.2, 0.25) is 0 Å². The third-order valence-corrected chi connectivity index (χ3v) is 3.25. The predicted octanol–water partition coefficient (Wildman–Crippen LogP) is 1.95. The van der Waals surface area contributed by atoms with Gasteiger partial charge >= 0.3 is 5.97 Å². The van der Waals surface area contributed by atoms with Gasteiger partial charge in [0.2, 0.25) is 5.91 Å². The third kappa shape index (κ3) is 2.72. The molecule has 0 aromatic carbocycles. The zero-order valence-corrected chi connectivity index (χ0v) is 10.4. The van der Waals surface area contributed by atoms with Crippen molar-refractivity contribution in [3.05, 3.63) is 23.2 Å². The Bertz CT molecular complexity index is 464. The molecular weight excluding hydrogens is 234 g/mol. The Labute approximate surface area is 105 Å². The standard InChI is InChI=1S/C13H17NO4/c1-8-7-18-10-4-2-3-9(13(8)10)14-11(15)5-6-12(16)17/h7,9H,2-6H2,1H3,(H,14,15)(H,16,17)/t9-/m0/s1. The van der Waals surface area contributed by atoms with Gasteiger partial charge in [-0.05, 0) is 25.3 Å². The molecule has 2 N–H and O–H groups in total. The minimum atomic E-state index is -0.950. The maximum absolute atomic E-state index is 11.7. The molecule has 1 aliphatic rings. The molecule has 1 aliphatic carbocycles. The van der Waals surface area contributed by atoms with E-state index in [1.165, 1.54) is 0 Å². The van der Waals surface area contributed by atoms with Crippen molar-refractivity contribution in [2.24, 2.45) is 0 Å². The first kappa shape index (κ1) is 12.7. The van der Waals surface area contributed by atoms with E-state index in [0.29, 0.717) is 0 Å². The van der Waals surface area contributed by atoms with Crippen LogP contribution < -0.4 is 5.32 Å². The number of aryl methyl sites for hydroxylation is 2. The van der Waals surface area contributed by atoms with Crippen molar-refractivity contribution < 1.29 is 19.1 Å². The summed E-state index contributed by atoms with van der Waals surface area (Å²) in [5.41, 5.74) is 2.12. The van der Waals surface area contributed by atoms with Crippen LogP contribution in [0.15, 0.2) is 10.7 Å². The summed E-state index contributed by atoms with van der Waals surface area (Å²) in [4.78, 5) is 22.1. The van der Waals surface area contributed by atoms with Gasteiger partial charge in [-0.2, -0.15) is 0 Å². The molecule has 0 radical (unpaired) electrons. The average Bonchev–Trinajstić information content (AvgIpc) is 2.70. The molecule has 1 aromatic rings. The molecule has 1 atom stereocenters. The van der Waals surface area contributed by atoms with Gasteiger partial charge in [0.05, 0.1) is 18.7 Å². The zero-order valence-electron chi connectivity index (χ0n) is 10.4. The van der Waals surface area contributed by atoms with E-state index in [0.717, 1.165) is 36.1 Å². The van der Waals surface area contributed by atoms with E-state index in [4.69, 9.17) is 9.52 Å². The molecule has 5 heteroatoms. The molecule has 5 nitrogen and oxygen atoms in total. The quantitative estimate of drug-likeness (QED) is 0.857. The lowest BCUT2D eigenvalue weighted by Gasteiger charge is -2.23. The highest BCUT2D eigenvalue weighted by atomic mass is 16.4. The molecule has 1 aromatic heterocycles. The van der Waals surface area contributed by atoms with Crippen LogP contribution in [0.25, 0.3) is 0 Å². The van der Waals surface area contributed by atoms with Gasteiger partial charge in [-0.25, -0.2) is 0 Å². The number of aliphatic carboxylic acids is 1.